The van der Waals surface area contributed by atoms with Gasteiger partial charge in [-0.2, -0.15) is 0 Å². The van der Waals surface area contributed by atoms with Gasteiger partial charge in [0, 0.05) is 11.1 Å². The lowest BCUT2D eigenvalue weighted by Gasteiger charge is -2.52. The van der Waals surface area contributed by atoms with Gasteiger partial charge in [0.25, 0.3) is 0 Å². The number of benzene rings is 10. The molecule has 0 aromatic heterocycles. The highest BCUT2D eigenvalue weighted by Gasteiger charge is 2.52. The zero-order valence-corrected chi connectivity index (χ0v) is 41.8. The van der Waals surface area contributed by atoms with Gasteiger partial charge in [0.05, 0.1) is 0 Å². The van der Waals surface area contributed by atoms with Crippen LogP contribution in [-0.4, -0.2) is 37.8 Å². The minimum atomic E-state index is -1.07. The van der Waals surface area contributed by atoms with Crippen molar-refractivity contribution < 1.29 is 0 Å². The first-order chi connectivity index (χ1) is 31.7. The number of nitrogens with zero attached hydrogens (tertiary/aromatic N) is 1. The van der Waals surface area contributed by atoms with Crippen LogP contribution in [0.5, 0.6) is 0 Å². The zero-order valence-electron chi connectivity index (χ0n) is 41.0. The van der Waals surface area contributed by atoms with E-state index in [0.29, 0.717) is 0 Å². The molecular formula is C64H67NS. The summed E-state index contributed by atoms with van der Waals surface area (Å²) in [4.78, 5) is 2.37. The lowest BCUT2D eigenvalue weighted by molar-refractivity contribution is 0.309. The summed E-state index contributed by atoms with van der Waals surface area (Å²) in [6.45, 7) is 12.8. The van der Waals surface area contributed by atoms with Crippen LogP contribution in [0.25, 0.3) is 54.2 Å². The van der Waals surface area contributed by atoms with E-state index in [2.05, 4.69) is 249 Å². The Hall–Kier alpha value is -6.45. The lowest BCUT2D eigenvalue weighted by atomic mass is 9.93. The van der Waals surface area contributed by atoms with Crippen molar-refractivity contribution >= 4 is 53.1 Å². The Kier molecular flexibility index (Phi) is 15.0. The minimum Gasteiger partial charge on any atom is -0.289 e. The Morgan fingerprint density at radius 1 is 0.303 bits per heavy atom. The summed E-state index contributed by atoms with van der Waals surface area (Å²) >= 11 is 0. The highest BCUT2D eigenvalue weighted by molar-refractivity contribution is 8.33. The molecule has 0 heterocycles. The van der Waals surface area contributed by atoms with Crippen molar-refractivity contribution in [3.05, 3.63) is 251 Å². The average molecular weight is 882 g/mol. The molecule has 0 fully saturated rings. The van der Waals surface area contributed by atoms with Gasteiger partial charge in [-0.15, -0.1) is 0 Å². The molecule has 0 amide bonds. The second kappa shape index (κ2) is 20.8. The molecule has 2 heteroatoms. The van der Waals surface area contributed by atoms with Crippen LogP contribution in [0.4, 0.5) is 0 Å². The van der Waals surface area contributed by atoms with Crippen molar-refractivity contribution in [1.29, 1.82) is 0 Å². The van der Waals surface area contributed by atoms with Gasteiger partial charge in [-0.3, -0.25) is 4.90 Å². The van der Waals surface area contributed by atoms with Crippen molar-refractivity contribution in [2.24, 2.45) is 0 Å². The Morgan fingerprint density at radius 3 is 0.924 bits per heavy atom. The Balaban J connectivity index is 0.000000146. The topological polar surface area (TPSA) is 3.24 Å². The largest absolute Gasteiger partial charge is 0.289 e. The third-order valence-corrected chi connectivity index (χ3v) is 15.1. The van der Waals surface area contributed by atoms with E-state index in [4.69, 9.17) is 0 Å². The first kappa shape index (κ1) is 47.5. The molecule has 0 aliphatic heterocycles. The van der Waals surface area contributed by atoms with Crippen LogP contribution in [0, 0.1) is 41.5 Å². The van der Waals surface area contributed by atoms with Crippen molar-refractivity contribution in [2.75, 3.05) is 32.9 Å². The molecule has 0 bridgehead atoms. The minimum absolute atomic E-state index is 0.138. The number of hydrogen-bond acceptors (Lipinski definition) is 1. The summed E-state index contributed by atoms with van der Waals surface area (Å²) in [5.74, 6) is 0. The van der Waals surface area contributed by atoms with E-state index in [0.717, 1.165) is 0 Å². The molecule has 0 unspecified atom stereocenters. The predicted molar refractivity (Wildman–Crippen MR) is 296 cm³/mol. The van der Waals surface area contributed by atoms with E-state index in [-0.39, 0.29) is 4.87 Å². The van der Waals surface area contributed by atoms with E-state index in [1.54, 1.807) is 0 Å². The van der Waals surface area contributed by atoms with Crippen LogP contribution in [0.2, 0.25) is 0 Å². The highest BCUT2D eigenvalue weighted by atomic mass is 32.3. The molecule has 66 heavy (non-hydrogen) atoms. The van der Waals surface area contributed by atoms with E-state index in [1.165, 1.54) is 98.7 Å². The number of hydrogen-bond donors (Lipinski definition) is 0. The normalized spacial score (nSPS) is 12.4. The van der Waals surface area contributed by atoms with Gasteiger partial charge in [0.15, 0.2) is 0 Å². The number of rotatable bonds is 2. The second-order valence-electron chi connectivity index (χ2n) is 18.8. The lowest BCUT2D eigenvalue weighted by Crippen LogP contribution is -2.44. The molecule has 1 aliphatic rings. The van der Waals surface area contributed by atoms with Crippen LogP contribution in [0.15, 0.2) is 206 Å². The third-order valence-electron chi connectivity index (χ3n) is 12.5. The van der Waals surface area contributed by atoms with Gasteiger partial charge in [0.1, 0.15) is 4.87 Å². The van der Waals surface area contributed by atoms with Gasteiger partial charge >= 0.3 is 0 Å². The molecule has 0 atom stereocenters. The maximum atomic E-state index is 2.51. The van der Waals surface area contributed by atoms with E-state index in [9.17, 15) is 0 Å². The fourth-order valence-electron chi connectivity index (χ4n) is 9.50. The molecule has 11 rings (SSSR count). The standard InChI is InChI=1S/C28H31NS.2C11H10.2C7H8/c1-18-8-12-22-20(16-18)10-14-24-25-15-11-21-17-19(2)9-13-23(21)27(25)28(26(22)24,29(3)4)30(5,6)7;2*1-9-6-7-10-4-2-3-5-11(10)8-9;2*1-7-5-3-2-4-6-7/h8-17H,1-7H3;2*2-8H,1H3;2*2-6H,1H3. The van der Waals surface area contributed by atoms with Crippen LogP contribution in [0.3, 0.4) is 0 Å². The van der Waals surface area contributed by atoms with E-state index in [1.807, 2.05) is 36.4 Å². The summed E-state index contributed by atoms with van der Waals surface area (Å²) in [6.07, 6.45) is 7.43. The van der Waals surface area contributed by atoms with Gasteiger partial charge in [-0.25, -0.2) is 10.0 Å². The molecule has 0 spiro atoms. The monoisotopic (exact) mass is 881 g/mol. The Bertz CT molecular complexity index is 3010. The molecule has 0 saturated carbocycles. The van der Waals surface area contributed by atoms with Crippen molar-refractivity contribution in [3.63, 3.8) is 0 Å². The zero-order chi connectivity index (χ0) is 47.0. The fraction of sp³-hybridized carbons (Fsp3) is 0.188. The highest BCUT2D eigenvalue weighted by Crippen LogP contribution is 2.69. The molecule has 0 radical (unpaired) electrons. The Labute approximate surface area is 397 Å². The molecule has 10 aromatic carbocycles. The third kappa shape index (κ3) is 10.5. The molecule has 334 valence electrons. The predicted octanol–water partition coefficient (Wildman–Crippen LogP) is 17.3. The molecule has 1 nitrogen and oxygen atoms in total. The average Bonchev–Trinajstić information content (AvgIpc) is 3.63. The molecule has 0 saturated heterocycles. The van der Waals surface area contributed by atoms with Crippen LogP contribution in [0.1, 0.15) is 44.5 Å². The van der Waals surface area contributed by atoms with Crippen LogP contribution < -0.4 is 0 Å². The van der Waals surface area contributed by atoms with Crippen LogP contribution >= 0.6 is 10.0 Å². The second-order valence-corrected chi connectivity index (χ2v) is 23.1. The summed E-state index contributed by atoms with van der Waals surface area (Å²) in [6, 6.07) is 73.6. The van der Waals surface area contributed by atoms with Crippen molar-refractivity contribution in [1.82, 2.24) is 4.90 Å². The summed E-state index contributed by atoms with van der Waals surface area (Å²) in [5.41, 5.74) is 13.7. The summed E-state index contributed by atoms with van der Waals surface area (Å²) < 4.78 is 0. The Morgan fingerprint density at radius 2 is 0.606 bits per heavy atom. The first-order valence-corrected chi connectivity index (χ1v) is 25.9. The van der Waals surface area contributed by atoms with Crippen molar-refractivity contribution in [2.45, 2.75) is 46.4 Å². The fourth-order valence-corrected chi connectivity index (χ4v) is 12.3. The van der Waals surface area contributed by atoms with Gasteiger partial charge < -0.3 is 0 Å². The van der Waals surface area contributed by atoms with E-state index < -0.39 is 10.0 Å². The van der Waals surface area contributed by atoms with Crippen LogP contribution in [-0.2, 0) is 4.87 Å². The maximum absolute atomic E-state index is 2.51. The van der Waals surface area contributed by atoms with E-state index >= 15 is 0 Å². The number of aryl methyl sites for hydroxylation is 6. The summed E-state index contributed by atoms with van der Waals surface area (Å²) in [5, 5.41) is 10.8. The maximum Gasteiger partial charge on any atom is 0.105 e. The van der Waals surface area contributed by atoms with Gasteiger partial charge in [-0.1, -0.05) is 240 Å². The van der Waals surface area contributed by atoms with Gasteiger partial charge in [0.2, 0.25) is 0 Å². The SMILES string of the molecule is Cc1ccc2c3c(ccc2c1)-c1ccc2cc(C)ccc2c1C3(N(C)C)S(C)(C)C.Cc1ccc2ccccc2c1.Cc1ccc2ccccc2c1.Cc1ccccc1.Cc1ccccc1. The first-order valence-electron chi connectivity index (χ1n) is 23.0. The molecule has 1 aliphatic carbocycles. The van der Waals surface area contributed by atoms with Crippen molar-refractivity contribution in [3.8, 4) is 11.1 Å². The molecule has 10 aromatic rings. The summed E-state index contributed by atoms with van der Waals surface area (Å²) in [7, 11) is 3.48. The molecular weight excluding hydrogens is 815 g/mol. The quantitative estimate of drug-likeness (QED) is 0.167. The molecule has 0 N–H and O–H groups in total. The number of fused-ring (bicyclic) bond motifs is 9. The van der Waals surface area contributed by atoms with Gasteiger partial charge in [-0.05, 0) is 129 Å². The smallest absolute Gasteiger partial charge is 0.105 e.